The second-order valence-corrected chi connectivity index (χ2v) is 8.67. The number of aromatic nitrogens is 1. The van der Waals surface area contributed by atoms with E-state index in [2.05, 4.69) is 30.9 Å². The van der Waals surface area contributed by atoms with Crippen LogP contribution in [0.3, 0.4) is 0 Å². The molecule has 1 amide bonds. The van der Waals surface area contributed by atoms with Crippen LogP contribution < -0.4 is 10.5 Å². The first-order chi connectivity index (χ1) is 14.5. The van der Waals surface area contributed by atoms with E-state index in [1.807, 2.05) is 12.1 Å². The SMILES string of the molecule is Cc1cc2nc(N3CCN(C(=O)c4cc5ccccc5oc4=O)CC3)sc2cc1C. The zero-order valence-corrected chi connectivity index (χ0v) is 17.7. The van der Waals surface area contributed by atoms with Crippen molar-refractivity contribution >= 4 is 43.6 Å². The molecule has 30 heavy (non-hydrogen) atoms. The third-order valence-corrected chi connectivity index (χ3v) is 6.78. The molecule has 0 unspecified atom stereocenters. The van der Waals surface area contributed by atoms with Crippen molar-refractivity contribution in [2.45, 2.75) is 13.8 Å². The highest BCUT2D eigenvalue weighted by Gasteiger charge is 2.26. The van der Waals surface area contributed by atoms with Crippen LogP contribution in [-0.2, 0) is 0 Å². The van der Waals surface area contributed by atoms with E-state index in [9.17, 15) is 9.59 Å². The Morgan fingerprint density at radius 2 is 1.77 bits per heavy atom. The first-order valence-electron chi connectivity index (χ1n) is 9.94. The molecule has 1 saturated heterocycles. The van der Waals surface area contributed by atoms with Gasteiger partial charge in [-0.2, -0.15) is 0 Å². The van der Waals surface area contributed by atoms with Gasteiger partial charge in [0.2, 0.25) is 0 Å². The van der Waals surface area contributed by atoms with Crippen molar-refractivity contribution in [2.24, 2.45) is 0 Å². The number of hydrogen-bond donors (Lipinski definition) is 0. The van der Waals surface area contributed by atoms with E-state index in [0.29, 0.717) is 31.8 Å². The second-order valence-electron chi connectivity index (χ2n) is 7.67. The minimum Gasteiger partial charge on any atom is -0.422 e. The number of amides is 1. The van der Waals surface area contributed by atoms with E-state index in [-0.39, 0.29) is 11.5 Å². The molecule has 3 heterocycles. The fourth-order valence-corrected chi connectivity index (χ4v) is 4.88. The molecule has 0 spiro atoms. The zero-order valence-electron chi connectivity index (χ0n) is 16.8. The number of hydrogen-bond acceptors (Lipinski definition) is 6. The van der Waals surface area contributed by atoms with Crippen LogP contribution >= 0.6 is 11.3 Å². The van der Waals surface area contributed by atoms with Crippen LogP contribution in [-0.4, -0.2) is 42.0 Å². The number of thiazole rings is 1. The summed E-state index contributed by atoms with van der Waals surface area (Å²) in [5, 5.41) is 1.73. The fraction of sp³-hybridized carbons (Fsp3) is 0.261. The Labute approximate surface area is 177 Å². The molecular formula is C23H21N3O3S. The van der Waals surface area contributed by atoms with E-state index < -0.39 is 5.63 Å². The topological polar surface area (TPSA) is 66.7 Å². The number of carbonyl (C=O) groups is 1. The molecule has 1 aliphatic rings. The van der Waals surface area contributed by atoms with Crippen molar-refractivity contribution in [1.82, 2.24) is 9.88 Å². The normalized spacial score (nSPS) is 14.6. The van der Waals surface area contributed by atoms with Gasteiger partial charge in [0, 0.05) is 31.6 Å². The molecule has 5 rings (SSSR count). The monoisotopic (exact) mass is 419 g/mol. The Morgan fingerprint density at radius 1 is 1.03 bits per heavy atom. The third-order valence-electron chi connectivity index (χ3n) is 5.70. The van der Waals surface area contributed by atoms with E-state index in [4.69, 9.17) is 9.40 Å². The lowest BCUT2D eigenvalue weighted by Crippen LogP contribution is -2.49. The summed E-state index contributed by atoms with van der Waals surface area (Å²) in [5.41, 5.74) is 3.52. The minimum absolute atomic E-state index is 0.0908. The predicted molar refractivity (Wildman–Crippen MR) is 120 cm³/mol. The van der Waals surface area contributed by atoms with E-state index in [0.717, 1.165) is 16.0 Å². The van der Waals surface area contributed by atoms with Gasteiger partial charge in [-0.15, -0.1) is 0 Å². The highest BCUT2D eigenvalue weighted by atomic mass is 32.1. The molecule has 152 valence electrons. The number of piperazine rings is 1. The van der Waals surface area contributed by atoms with Gasteiger partial charge in [-0.05, 0) is 49.2 Å². The first kappa shape index (κ1) is 18.8. The lowest BCUT2D eigenvalue weighted by atomic mass is 10.1. The minimum atomic E-state index is -0.585. The van der Waals surface area contributed by atoms with Crippen molar-refractivity contribution in [3.63, 3.8) is 0 Å². The number of nitrogens with zero attached hydrogens (tertiary/aromatic N) is 3. The van der Waals surface area contributed by atoms with Crippen LogP contribution in [0.5, 0.6) is 0 Å². The molecule has 0 atom stereocenters. The van der Waals surface area contributed by atoms with Crippen molar-refractivity contribution in [3.8, 4) is 0 Å². The summed E-state index contributed by atoms with van der Waals surface area (Å²) in [6, 6.07) is 13.2. The van der Waals surface area contributed by atoms with Crippen LogP contribution in [0.1, 0.15) is 21.5 Å². The lowest BCUT2D eigenvalue weighted by Gasteiger charge is -2.34. The maximum atomic E-state index is 13.0. The molecule has 1 aliphatic heterocycles. The van der Waals surface area contributed by atoms with Gasteiger partial charge in [-0.25, -0.2) is 9.78 Å². The highest BCUT2D eigenvalue weighted by molar-refractivity contribution is 7.22. The molecule has 2 aromatic carbocycles. The summed E-state index contributed by atoms with van der Waals surface area (Å²) in [5.74, 6) is -0.273. The van der Waals surface area contributed by atoms with Gasteiger partial charge in [0.25, 0.3) is 5.91 Å². The Hall–Kier alpha value is -3.19. The number of anilines is 1. The number of fused-ring (bicyclic) bond motifs is 2. The van der Waals surface area contributed by atoms with Gasteiger partial charge in [0.1, 0.15) is 11.1 Å². The smallest absolute Gasteiger partial charge is 0.349 e. The molecule has 6 nitrogen and oxygen atoms in total. The summed E-state index contributed by atoms with van der Waals surface area (Å²) in [6.07, 6.45) is 0. The van der Waals surface area contributed by atoms with E-state index in [1.54, 1.807) is 34.4 Å². The number of aryl methyl sites for hydroxylation is 2. The van der Waals surface area contributed by atoms with E-state index in [1.165, 1.54) is 15.8 Å². The molecule has 7 heteroatoms. The standard InChI is InChI=1S/C23H21N3O3S/c1-14-11-18-20(12-15(14)2)30-23(24-18)26-9-7-25(8-10-26)21(27)17-13-16-5-3-4-6-19(16)29-22(17)28/h3-6,11-13H,7-10H2,1-2H3. The van der Waals surface area contributed by atoms with Gasteiger partial charge < -0.3 is 14.2 Å². The molecule has 4 aromatic rings. The summed E-state index contributed by atoms with van der Waals surface area (Å²) in [4.78, 5) is 34.0. The van der Waals surface area contributed by atoms with Gasteiger partial charge in [0.15, 0.2) is 5.13 Å². The van der Waals surface area contributed by atoms with Crippen molar-refractivity contribution in [3.05, 3.63) is 69.6 Å². The molecular weight excluding hydrogens is 398 g/mol. The molecule has 2 aromatic heterocycles. The van der Waals surface area contributed by atoms with Crippen LogP contribution in [0.4, 0.5) is 5.13 Å². The van der Waals surface area contributed by atoms with Crippen LogP contribution in [0.15, 0.2) is 51.7 Å². The molecule has 0 saturated carbocycles. The average molecular weight is 420 g/mol. The van der Waals surface area contributed by atoms with Crippen LogP contribution in [0.25, 0.3) is 21.2 Å². The largest absolute Gasteiger partial charge is 0.422 e. The average Bonchev–Trinajstić information content (AvgIpc) is 3.16. The van der Waals surface area contributed by atoms with Crippen LogP contribution in [0, 0.1) is 13.8 Å². The van der Waals surface area contributed by atoms with Gasteiger partial charge >= 0.3 is 5.63 Å². The Balaban J connectivity index is 1.34. The summed E-state index contributed by atoms with van der Waals surface area (Å²) >= 11 is 1.68. The maximum absolute atomic E-state index is 13.0. The molecule has 0 N–H and O–H groups in total. The fourth-order valence-electron chi connectivity index (χ4n) is 3.79. The summed E-state index contributed by atoms with van der Waals surface area (Å²) in [7, 11) is 0. The second kappa shape index (κ2) is 7.25. The zero-order chi connectivity index (χ0) is 20.8. The number of para-hydroxylation sites is 1. The molecule has 0 bridgehead atoms. The number of benzene rings is 2. The number of carbonyl (C=O) groups excluding carboxylic acids is 1. The first-order valence-corrected chi connectivity index (χ1v) is 10.8. The Kier molecular flexibility index (Phi) is 4.55. The predicted octanol–water partition coefficient (Wildman–Crippen LogP) is 3.98. The number of rotatable bonds is 2. The maximum Gasteiger partial charge on any atom is 0.349 e. The van der Waals surface area contributed by atoms with Gasteiger partial charge in [-0.3, -0.25) is 4.79 Å². The van der Waals surface area contributed by atoms with Crippen molar-refractivity contribution in [2.75, 3.05) is 31.1 Å². The van der Waals surface area contributed by atoms with Gasteiger partial charge in [0.05, 0.1) is 10.2 Å². The van der Waals surface area contributed by atoms with Crippen molar-refractivity contribution in [1.29, 1.82) is 0 Å². The molecule has 1 fully saturated rings. The van der Waals surface area contributed by atoms with Crippen molar-refractivity contribution < 1.29 is 9.21 Å². The Morgan fingerprint density at radius 3 is 2.57 bits per heavy atom. The summed E-state index contributed by atoms with van der Waals surface area (Å²) < 4.78 is 6.51. The summed E-state index contributed by atoms with van der Waals surface area (Å²) in [6.45, 7) is 6.66. The van der Waals surface area contributed by atoms with Gasteiger partial charge in [-0.1, -0.05) is 29.5 Å². The highest BCUT2D eigenvalue weighted by Crippen LogP contribution is 2.31. The lowest BCUT2D eigenvalue weighted by molar-refractivity contribution is 0.0742. The third kappa shape index (κ3) is 3.25. The van der Waals surface area contributed by atoms with E-state index >= 15 is 0 Å². The van der Waals surface area contributed by atoms with Crippen LogP contribution in [0.2, 0.25) is 0 Å². The quantitative estimate of drug-likeness (QED) is 0.460. The molecule has 0 radical (unpaired) electrons. The Bertz CT molecular complexity index is 1290. The molecule has 0 aliphatic carbocycles.